The van der Waals surface area contributed by atoms with Gasteiger partial charge in [0.2, 0.25) is 0 Å². The third kappa shape index (κ3) is 3.67. The lowest BCUT2D eigenvalue weighted by atomic mass is 10.1. The molecule has 19 heavy (non-hydrogen) atoms. The Morgan fingerprint density at radius 1 is 1.37 bits per heavy atom. The van der Waals surface area contributed by atoms with Gasteiger partial charge in [0.1, 0.15) is 11.9 Å². The van der Waals surface area contributed by atoms with Crippen molar-refractivity contribution in [2.24, 2.45) is 0 Å². The lowest BCUT2D eigenvalue weighted by Crippen LogP contribution is -2.30. The first-order chi connectivity index (χ1) is 9.20. The summed E-state index contributed by atoms with van der Waals surface area (Å²) in [4.78, 5) is 18.4. The van der Waals surface area contributed by atoms with E-state index in [1.165, 1.54) is 26.4 Å². The zero-order valence-corrected chi connectivity index (χ0v) is 11.6. The third-order valence-corrected chi connectivity index (χ3v) is 3.42. The molecule has 2 rings (SSSR count). The Hall–Kier alpha value is -1.62. The number of nitrogens with zero attached hydrogens (tertiary/aromatic N) is 2. The van der Waals surface area contributed by atoms with Gasteiger partial charge in [0, 0.05) is 20.2 Å². The molecule has 0 aromatic carbocycles. The Labute approximate surface area is 114 Å². The molecule has 0 bridgehead atoms. The minimum Gasteiger partial charge on any atom is -0.372 e. The molecule has 1 fully saturated rings. The molecule has 1 atom stereocenters. The van der Waals surface area contributed by atoms with Crippen LogP contribution in [-0.2, 0) is 9.53 Å². The van der Waals surface area contributed by atoms with Crippen molar-refractivity contribution in [2.45, 2.75) is 32.3 Å². The number of amides is 1. The van der Waals surface area contributed by atoms with Crippen LogP contribution in [-0.4, -0.2) is 37.2 Å². The number of hydrogen-bond donors (Lipinski definition) is 1. The van der Waals surface area contributed by atoms with Crippen molar-refractivity contribution in [1.82, 2.24) is 4.98 Å². The molecule has 1 unspecified atom stereocenters. The van der Waals surface area contributed by atoms with Crippen LogP contribution in [0.1, 0.15) is 26.2 Å². The molecule has 104 valence electrons. The molecule has 1 aromatic rings. The molecule has 5 nitrogen and oxygen atoms in total. The number of carbonyl (C=O) groups is 1. The molecule has 1 saturated heterocycles. The molecule has 1 amide bonds. The third-order valence-electron chi connectivity index (χ3n) is 3.42. The van der Waals surface area contributed by atoms with E-state index in [9.17, 15) is 4.79 Å². The zero-order valence-electron chi connectivity index (χ0n) is 11.6. The first-order valence-electron chi connectivity index (χ1n) is 6.75. The van der Waals surface area contributed by atoms with Gasteiger partial charge in [-0.15, -0.1) is 0 Å². The second-order valence-electron chi connectivity index (χ2n) is 4.82. The number of piperidine rings is 1. The van der Waals surface area contributed by atoms with Crippen molar-refractivity contribution in [3.8, 4) is 0 Å². The number of ether oxygens (including phenoxy) is 1. The number of methoxy groups -OCH3 is 1. The van der Waals surface area contributed by atoms with E-state index in [1.807, 2.05) is 12.1 Å². The van der Waals surface area contributed by atoms with E-state index in [-0.39, 0.29) is 5.91 Å². The maximum atomic E-state index is 11.7. The summed E-state index contributed by atoms with van der Waals surface area (Å²) < 4.78 is 4.96. The second kappa shape index (κ2) is 6.52. The fourth-order valence-corrected chi connectivity index (χ4v) is 2.12. The standard InChI is InChI=1S/C14H21N3O2/c1-11(19-2)14(18)16-12-6-7-13(15-10-12)17-8-4-3-5-9-17/h6-7,10-11H,3-5,8-9H2,1-2H3,(H,16,18). The predicted octanol–water partition coefficient (Wildman–Crippen LogP) is 2.05. The van der Waals surface area contributed by atoms with Gasteiger partial charge in [-0.25, -0.2) is 4.98 Å². The maximum Gasteiger partial charge on any atom is 0.253 e. The van der Waals surface area contributed by atoms with Crippen LogP contribution in [0.3, 0.4) is 0 Å². The van der Waals surface area contributed by atoms with Gasteiger partial charge in [-0.3, -0.25) is 4.79 Å². The first-order valence-corrected chi connectivity index (χ1v) is 6.75. The predicted molar refractivity (Wildman–Crippen MR) is 75.4 cm³/mol. The summed E-state index contributed by atoms with van der Waals surface area (Å²) >= 11 is 0. The van der Waals surface area contributed by atoms with Crippen molar-refractivity contribution < 1.29 is 9.53 Å². The highest BCUT2D eigenvalue weighted by atomic mass is 16.5. The number of hydrogen-bond acceptors (Lipinski definition) is 4. The van der Waals surface area contributed by atoms with Gasteiger partial charge < -0.3 is 15.0 Å². The molecule has 0 spiro atoms. The summed E-state index contributed by atoms with van der Waals surface area (Å²) in [7, 11) is 1.52. The van der Waals surface area contributed by atoms with Crippen LogP contribution < -0.4 is 10.2 Å². The highest BCUT2D eigenvalue weighted by Gasteiger charge is 2.14. The number of nitrogens with one attached hydrogen (secondary N) is 1. The van der Waals surface area contributed by atoms with Gasteiger partial charge in [0.25, 0.3) is 5.91 Å². The lowest BCUT2D eigenvalue weighted by molar-refractivity contribution is -0.124. The largest absolute Gasteiger partial charge is 0.372 e. The number of rotatable bonds is 4. The van der Waals surface area contributed by atoms with Gasteiger partial charge in [-0.1, -0.05) is 0 Å². The van der Waals surface area contributed by atoms with E-state index in [4.69, 9.17) is 4.74 Å². The smallest absolute Gasteiger partial charge is 0.253 e. The van der Waals surface area contributed by atoms with Crippen LogP contribution in [0.5, 0.6) is 0 Å². The van der Waals surface area contributed by atoms with E-state index in [0.717, 1.165) is 18.9 Å². The number of anilines is 2. The lowest BCUT2D eigenvalue weighted by Gasteiger charge is -2.27. The molecular weight excluding hydrogens is 242 g/mol. The van der Waals surface area contributed by atoms with Gasteiger partial charge in [0.05, 0.1) is 11.9 Å². The fraction of sp³-hybridized carbons (Fsp3) is 0.571. The molecule has 1 aliphatic heterocycles. The molecule has 1 aliphatic rings. The van der Waals surface area contributed by atoms with E-state index < -0.39 is 6.10 Å². The maximum absolute atomic E-state index is 11.7. The fourth-order valence-electron chi connectivity index (χ4n) is 2.12. The number of carbonyl (C=O) groups excluding carboxylic acids is 1. The first kappa shape index (κ1) is 13.8. The van der Waals surface area contributed by atoms with E-state index in [0.29, 0.717) is 5.69 Å². The van der Waals surface area contributed by atoms with Gasteiger partial charge in [-0.05, 0) is 38.3 Å². The zero-order chi connectivity index (χ0) is 13.7. The van der Waals surface area contributed by atoms with Gasteiger partial charge in [-0.2, -0.15) is 0 Å². The van der Waals surface area contributed by atoms with Crippen LogP contribution in [0.15, 0.2) is 18.3 Å². The highest BCUT2D eigenvalue weighted by molar-refractivity contribution is 5.93. The number of aromatic nitrogens is 1. The van der Waals surface area contributed by atoms with Crippen molar-refractivity contribution in [3.63, 3.8) is 0 Å². The summed E-state index contributed by atoms with van der Waals surface area (Å²) in [5.41, 5.74) is 0.703. The SMILES string of the molecule is COC(C)C(=O)Nc1ccc(N2CCCCC2)nc1. The highest BCUT2D eigenvalue weighted by Crippen LogP contribution is 2.18. The normalized spacial score (nSPS) is 17.1. The molecule has 1 aromatic heterocycles. The van der Waals surface area contributed by atoms with Crippen molar-refractivity contribution in [3.05, 3.63) is 18.3 Å². The van der Waals surface area contributed by atoms with Crippen molar-refractivity contribution in [1.29, 1.82) is 0 Å². The number of pyridine rings is 1. The summed E-state index contributed by atoms with van der Waals surface area (Å²) in [6.45, 7) is 3.85. The average molecular weight is 263 g/mol. The molecular formula is C14H21N3O2. The second-order valence-corrected chi connectivity index (χ2v) is 4.82. The van der Waals surface area contributed by atoms with Crippen LogP contribution in [0.25, 0.3) is 0 Å². The Balaban J connectivity index is 1.96. The minimum absolute atomic E-state index is 0.157. The van der Waals surface area contributed by atoms with Crippen molar-refractivity contribution >= 4 is 17.4 Å². The Bertz CT molecular complexity index is 413. The van der Waals surface area contributed by atoms with Crippen LogP contribution in [0.2, 0.25) is 0 Å². The van der Waals surface area contributed by atoms with Crippen LogP contribution in [0, 0.1) is 0 Å². The Morgan fingerprint density at radius 3 is 2.68 bits per heavy atom. The van der Waals surface area contributed by atoms with Gasteiger partial charge >= 0.3 is 0 Å². The molecule has 0 aliphatic carbocycles. The average Bonchev–Trinajstić information content (AvgIpc) is 2.48. The molecule has 0 saturated carbocycles. The topological polar surface area (TPSA) is 54.5 Å². The molecule has 5 heteroatoms. The van der Waals surface area contributed by atoms with Crippen LogP contribution >= 0.6 is 0 Å². The van der Waals surface area contributed by atoms with E-state index >= 15 is 0 Å². The molecule has 1 N–H and O–H groups in total. The molecule has 0 radical (unpaired) electrons. The summed E-state index contributed by atoms with van der Waals surface area (Å²) in [6.07, 6.45) is 5.00. The summed E-state index contributed by atoms with van der Waals surface area (Å²) in [6, 6.07) is 3.84. The van der Waals surface area contributed by atoms with E-state index in [1.54, 1.807) is 13.1 Å². The van der Waals surface area contributed by atoms with Gasteiger partial charge in [0.15, 0.2) is 0 Å². The summed E-state index contributed by atoms with van der Waals surface area (Å²) in [5, 5.41) is 2.78. The monoisotopic (exact) mass is 263 g/mol. The Morgan fingerprint density at radius 2 is 2.11 bits per heavy atom. The summed E-state index contributed by atoms with van der Waals surface area (Å²) in [5.74, 6) is 0.826. The molecule has 2 heterocycles. The van der Waals surface area contributed by atoms with Crippen molar-refractivity contribution in [2.75, 3.05) is 30.4 Å². The Kier molecular flexibility index (Phi) is 4.74. The minimum atomic E-state index is -0.457. The quantitative estimate of drug-likeness (QED) is 0.903. The van der Waals surface area contributed by atoms with Crippen LogP contribution in [0.4, 0.5) is 11.5 Å². The van der Waals surface area contributed by atoms with E-state index in [2.05, 4.69) is 15.2 Å².